The van der Waals surface area contributed by atoms with Gasteiger partial charge in [0.2, 0.25) is 0 Å². The summed E-state index contributed by atoms with van der Waals surface area (Å²) in [6.07, 6.45) is -4.35. The maximum Gasteiger partial charge on any atom is 0.416 e. The van der Waals surface area contributed by atoms with Gasteiger partial charge < -0.3 is 10.4 Å². The van der Waals surface area contributed by atoms with E-state index < -0.39 is 17.8 Å². The molecule has 1 unspecified atom stereocenters. The molecule has 0 amide bonds. The normalized spacial score (nSPS) is 13.0. The lowest BCUT2D eigenvalue weighted by Gasteiger charge is -2.19. The van der Waals surface area contributed by atoms with Gasteiger partial charge in [-0.2, -0.15) is 13.2 Å². The summed E-state index contributed by atoms with van der Waals surface area (Å²) < 4.78 is 38.5. The highest BCUT2D eigenvalue weighted by molar-refractivity contribution is 9.10. The molecule has 0 fully saturated rings. The van der Waals surface area contributed by atoms with Crippen LogP contribution in [0.3, 0.4) is 0 Å². The SMILES string of the molecule is OCC(Nc1ccc(Br)cc1)c1ccc(C(F)(F)F)cc1. The van der Waals surface area contributed by atoms with Gasteiger partial charge in [-0.1, -0.05) is 28.1 Å². The van der Waals surface area contributed by atoms with Gasteiger partial charge in [-0.15, -0.1) is 0 Å². The molecule has 0 heterocycles. The molecular formula is C15H13BrF3NO. The molecule has 0 spiro atoms. The Bertz CT molecular complexity index is 581. The Kier molecular flexibility index (Phi) is 4.90. The molecule has 2 rings (SSSR count). The Morgan fingerprint density at radius 3 is 2.05 bits per heavy atom. The van der Waals surface area contributed by atoms with E-state index in [4.69, 9.17) is 0 Å². The van der Waals surface area contributed by atoms with E-state index in [0.29, 0.717) is 5.56 Å². The lowest BCUT2D eigenvalue weighted by Crippen LogP contribution is -2.15. The predicted octanol–water partition coefficient (Wildman–Crippen LogP) is 4.61. The minimum atomic E-state index is -4.35. The van der Waals surface area contributed by atoms with E-state index in [0.717, 1.165) is 22.3 Å². The summed E-state index contributed by atoms with van der Waals surface area (Å²) in [5.41, 5.74) is 0.664. The number of aliphatic hydroxyl groups excluding tert-OH is 1. The highest BCUT2D eigenvalue weighted by Gasteiger charge is 2.30. The van der Waals surface area contributed by atoms with Crippen LogP contribution in [0.25, 0.3) is 0 Å². The van der Waals surface area contributed by atoms with Crippen LogP contribution in [0.15, 0.2) is 53.0 Å². The van der Waals surface area contributed by atoms with Crippen LogP contribution in [-0.4, -0.2) is 11.7 Å². The van der Waals surface area contributed by atoms with E-state index >= 15 is 0 Å². The molecule has 0 aliphatic carbocycles. The van der Waals surface area contributed by atoms with Crippen LogP contribution in [0.1, 0.15) is 17.2 Å². The van der Waals surface area contributed by atoms with E-state index in [-0.39, 0.29) is 6.61 Å². The first-order valence-corrected chi connectivity index (χ1v) is 6.99. The van der Waals surface area contributed by atoms with Gasteiger partial charge in [0.05, 0.1) is 18.2 Å². The highest BCUT2D eigenvalue weighted by Crippen LogP contribution is 2.30. The van der Waals surface area contributed by atoms with Crippen molar-refractivity contribution in [2.45, 2.75) is 12.2 Å². The molecule has 0 radical (unpaired) electrons. The first-order chi connectivity index (χ1) is 9.90. The van der Waals surface area contributed by atoms with Crippen molar-refractivity contribution in [1.82, 2.24) is 0 Å². The Morgan fingerprint density at radius 1 is 1.00 bits per heavy atom. The molecular weight excluding hydrogens is 347 g/mol. The number of nitrogens with one attached hydrogen (secondary N) is 1. The van der Waals surface area contributed by atoms with Crippen LogP contribution in [0.5, 0.6) is 0 Å². The summed E-state index contributed by atoms with van der Waals surface area (Å²) in [5.74, 6) is 0. The highest BCUT2D eigenvalue weighted by atomic mass is 79.9. The lowest BCUT2D eigenvalue weighted by atomic mass is 10.0. The number of aliphatic hydroxyl groups is 1. The summed E-state index contributed by atoms with van der Waals surface area (Å²) in [6, 6.07) is 11.6. The molecule has 0 saturated heterocycles. The molecule has 2 aromatic carbocycles. The molecule has 112 valence electrons. The van der Waals surface area contributed by atoms with Crippen molar-refractivity contribution in [3.05, 3.63) is 64.1 Å². The third-order valence-electron chi connectivity index (χ3n) is 3.01. The molecule has 6 heteroatoms. The Hall–Kier alpha value is -1.53. The number of anilines is 1. The second kappa shape index (κ2) is 6.49. The first kappa shape index (κ1) is 15.9. The van der Waals surface area contributed by atoms with E-state index in [1.807, 2.05) is 24.3 Å². The van der Waals surface area contributed by atoms with Crippen molar-refractivity contribution >= 4 is 21.6 Å². The Morgan fingerprint density at radius 2 is 1.57 bits per heavy atom. The fourth-order valence-electron chi connectivity index (χ4n) is 1.89. The van der Waals surface area contributed by atoms with E-state index in [1.165, 1.54) is 12.1 Å². The third kappa shape index (κ3) is 4.22. The van der Waals surface area contributed by atoms with E-state index in [9.17, 15) is 18.3 Å². The summed E-state index contributed by atoms with van der Waals surface area (Å²) >= 11 is 3.32. The van der Waals surface area contributed by atoms with Gasteiger partial charge in [-0.3, -0.25) is 0 Å². The van der Waals surface area contributed by atoms with Crippen molar-refractivity contribution in [1.29, 1.82) is 0 Å². The van der Waals surface area contributed by atoms with Crippen molar-refractivity contribution < 1.29 is 18.3 Å². The summed E-state index contributed by atoms with van der Waals surface area (Å²) in [4.78, 5) is 0. The van der Waals surface area contributed by atoms with Crippen molar-refractivity contribution in [2.75, 3.05) is 11.9 Å². The second-order valence-corrected chi connectivity index (χ2v) is 5.42. The van der Waals surface area contributed by atoms with Gasteiger partial charge in [0.25, 0.3) is 0 Å². The molecule has 2 aromatic rings. The molecule has 0 saturated carbocycles. The van der Waals surface area contributed by atoms with E-state index in [2.05, 4.69) is 21.2 Å². The second-order valence-electron chi connectivity index (χ2n) is 4.51. The minimum Gasteiger partial charge on any atom is -0.394 e. The van der Waals surface area contributed by atoms with Gasteiger partial charge in [-0.25, -0.2) is 0 Å². The van der Waals surface area contributed by atoms with E-state index in [1.54, 1.807) is 0 Å². The number of halogens is 4. The summed E-state index contributed by atoms with van der Waals surface area (Å²) in [5, 5.41) is 12.5. The minimum absolute atomic E-state index is 0.221. The van der Waals surface area contributed by atoms with Gasteiger partial charge in [0.15, 0.2) is 0 Å². The topological polar surface area (TPSA) is 32.3 Å². The van der Waals surface area contributed by atoms with Crippen molar-refractivity contribution in [2.24, 2.45) is 0 Å². The molecule has 0 bridgehead atoms. The van der Waals surface area contributed by atoms with Gasteiger partial charge in [0.1, 0.15) is 0 Å². The average Bonchev–Trinajstić information content (AvgIpc) is 2.46. The number of alkyl halides is 3. The summed E-state index contributed by atoms with van der Waals surface area (Å²) in [6.45, 7) is -0.221. The zero-order chi connectivity index (χ0) is 15.5. The Balaban J connectivity index is 2.15. The van der Waals surface area contributed by atoms with Crippen LogP contribution >= 0.6 is 15.9 Å². The first-order valence-electron chi connectivity index (χ1n) is 6.20. The van der Waals surface area contributed by atoms with Gasteiger partial charge in [-0.05, 0) is 42.0 Å². The quantitative estimate of drug-likeness (QED) is 0.835. The maximum atomic E-state index is 12.5. The van der Waals surface area contributed by atoms with Crippen LogP contribution in [-0.2, 0) is 6.18 Å². The summed E-state index contributed by atoms with van der Waals surface area (Å²) in [7, 11) is 0. The van der Waals surface area contributed by atoms with Crippen molar-refractivity contribution in [3.63, 3.8) is 0 Å². The maximum absolute atomic E-state index is 12.5. The molecule has 21 heavy (non-hydrogen) atoms. The molecule has 2 nitrogen and oxygen atoms in total. The number of rotatable bonds is 4. The van der Waals surface area contributed by atoms with Gasteiger partial charge >= 0.3 is 6.18 Å². The standard InChI is InChI=1S/C15H13BrF3NO/c16-12-5-7-13(8-6-12)20-14(9-21)10-1-3-11(4-2-10)15(17,18)19/h1-8,14,20-21H,9H2. The number of benzene rings is 2. The predicted molar refractivity (Wildman–Crippen MR) is 79.0 cm³/mol. The van der Waals surface area contributed by atoms with Crippen LogP contribution in [0.2, 0.25) is 0 Å². The Labute approximate surface area is 128 Å². The molecule has 0 aliphatic rings. The molecule has 0 aliphatic heterocycles. The zero-order valence-corrected chi connectivity index (χ0v) is 12.4. The average molecular weight is 360 g/mol. The molecule has 0 aromatic heterocycles. The van der Waals surface area contributed by atoms with Crippen LogP contribution in [0.4, 0.5) is 18.9 Å². The molecule has 2 N–H and O–H groups in total. The fourth-order valence-corrected chi connectivity index (χ4v) is 2.15. The fraction of sp³-hybridized carbons (Fsp3) is 0.200. The van der Waals surface area contributed by atoms with Crippen molar-refractivity contribution in [3.8, 4) is 0 Å². The van der Waals surface area contributed by atoms with Crippen LogP contribution in [0, 0.1) is 0 Å². The lowest BCUT2D eigenvalue weighted by molar-refractivity contribution is -0.137. The van der Waals surface area contributed by atoms with Crippen LogP contribution < -0.4 is 5.32 Å². The smallest absolute Gasteiger partial charge is 0.394 e. The zero-order valence-electron chi connectivity index (χ0n) is 10.9. The monoisotopic (exact) mass is 359 g/mol. The third-order valence-corrected chi connectivity index (χ3v) is 3.54. The largest absolute Gasteiger partial charge is 0.416 e. The number of hydrogen-bond donors (Lipinski definition) is 2. The van der Waals surface area contributed by atoms with Gasteiger partial charge in [0, 0.05) is 10.2 Å². The molecule has 1 atom stereocenters. The number of hydrogen-bond acceptors (Lipinski definition) is 2.